The number of carbonyl (C=O) groups excluding carboxylic acids is 1. The predicted octanol–water partition coefficient (Wildman–Crippen LogP) is 15.7. The van der Waals surface area contributed by atoms with Crippen LogP contribution in [0.3, 0.4) is 0 Å². The van der Waals surface area contributed by atoms with Crippen molar-refractivity contribution in [3.8, 4) is 0 Å². The Morgan fingerprint density at radius 3 is 1.00 bits per heavy atom. The van der Waals surface area contributed by atoms with Crippen LogP contribution in [0.4, 0.5) is 0 Å². The summed E-state index contributed by atoms with van der Waals surface area (Å²) < 4.78 is 6.20. The molecule has 276 valence electrons. The zero-order chi connectivity index (χ0) is 34.1. The van der Waals surface area contributed by atoms with Crippen molar-refractivity contribution in [3.05, 3.63) is 0 Å². The van der Waals surface area contributed by atoms with E-state index in [2.05, 4.69) is 48.5 Å². The van der Waals surface area contributed by atoms with Gasteiger partial charge in [0.1, 0.15) is 6.10 Å². The smallest absolute Gasteiger partial charge is 0.311 e. The van der Waals surface area contributed by atoms with Gasteiger partial charge in [0.15, 0.2) is 0 Å². The molecular weight excluding hydrogens is 560 g/mol. The average molecular weight is 649 g/mol. The van der Waals surface area contributed by atoms with Gasteiger partial charge in [0.05, 0.1) is 5.41 Å². The van der Waals surface area contributed by atoms with Crippen molar-refractivity contribution >= 4 is 5.97 Å². The van der Waals surface area contributed by atoms with Gasteiger partial charge in [-0.15, -0.1) is 0 Å². The van der Waals surface area contributed by atoms with E-state index in [4.69, 9.17) is 4.74 Å². The first-order valence-electron chi connectivity index (χ1n) is 21.5. The monoisotopic (exact) mass is 649 g/mol. The molecule has 0 unspecified atom stereocenters. The van der Waals surface area contributed by atoms with Gasteiger partial charge < -0.3 is 4.74 Å². The largest absolute Gasteiger partial charge is 0.462 e. The van der Waals surface area contributed by atoms with E-state index in [1.54, 1.807) is 0 Å². The molecule has 2 nitrogen and oxygen atoms in total. The molecule has 0 N–H and O–H groups in total. The topological polar surface area (TPSA) is 26.3 Å². The maximum atomic E-state index is 13.0. The van der Waals surface area contributed by atoms with Crippen LogP contribution < -0.4 is 0 Å². The van der Waals surface area contributed by atoms with E-state index in [9.17, 15) is 4.79 Å². The molecule has 0 aromatic heterocycles. The minimum absolute atomic E-state index is 0.0340. The minimum atomic E-state index is -0.356. The van der Waals surface area contributed by atoms with Crippen molar-refractivity contribution in [1.82, 2.24) is 0 Å². The lowest BCUT2D eigenvalue weighted by molar-refractivity contribution is -0.160. The van der Waals surface area contributed by atoms with E-state index < -0.39 is 0 Å². The summed E-state index contributed by atoms with van der Waals surface area (Å²) in [5.74, 6) is 2.00. The van der Waals surface area contributed by atoms with E-state index >= 15 is 0 Å². The number of unbranched alkanes of at least 4 members (excludes halogenated alkanes) is 16. The van der Waals surface area contributed by atoms with Gasteiger partial charge in [-0.2, -0.15) is 0 Å². The van der Waals surface area contributed by atoms with Crippen molar-refractivity contribution in [1.29, 1.82) is 0 Å². The lowest BCUT2D eigenvalue weighted by atomic mass is 9.88. The zero-order valence-corrected chi connectivity index (χ0v) is 33.2. The third-order valence-corrected chi connectivity index (χ3v) is 10.8. The maximum absolute atomic E-state index is 13.0. The van der Waals surface area contributed by atoms with Crippen LogP contribution in [0.5, 0.6) is 0 Å². The molecule has 46 heavy (non-hydrogen) atoms. The molecule has 0 saturated heterocycles. The van der Waals surface area contributed by atoms with Gasteiger partial charge in [-0.05, 0) is 57.8 Å². The second-order valence-electron chi connectivity index (χ2n) is 16.1. The second-order valence-corrected chi connectivity index (χ2v) is 16.1. The standard InChI is InChI=1S/C44H88O2/c1-8-13-31-40(32-14-9-2)35-27-23-19-17-21-25-29-37-42(46-43(45)44(6,7)39-12-5)38-30-26-22-18-20-24-28-36-41(33-15-10-3)34-16-11-4/h40-42H,8-39H2,1-7H3. The molecule has 0 rings (SSSR count). The molecule has 0 spiro atoms. The quantitative estimate of drug-likeness (QED) is 0.0499. The van der Waals surface area contributed by atoms with Gasteiger partial charge in [0.25, 0.3) is 0 Å². The summed E-state index contributed by atoms with van der Waals surface area (Å²) >= 11 is 0. The Kier molecular flexibility index (Phi) is 32.6. The highest BCUT2D eigenvalue weighted by molar-refractivity contribution is 5.76. The van der Waals surface area contributed by atoms with Gasteiger partial charge >= 0.3 is 5.97 Å². The summed E-state index contributed by atoms with van der Waals surface area (Å²) in [6.45, 7) is 15.6. The molecule has 0 aromatic rings. The Morgan fingerprint density at radius 2 is 0.696 bits per heavy atom. The van der Waals surface area contributed by atoms with E-state index in [0.717, 1.165) is 37.5 Å². The molecule has 0 aliphatic heterocycles. The van der Waals surface area contributed by atoms with Crippen LogP contribution in [0.25, 0.3) is 0 Å². The van der Waals surface area contributed by atoms with Gasteiger partial charge in [-0.1, -0.05) is 208 Å². The molecular formula is C44H88O2. The molecule has 0 aromatic carbocycles. The fourth-order valence-electron chi connectivity index (χ4n) is 7.52. The molecule has 0 fully saturated rings. The summed E-state index contributed by atoms with van der Waals surface area (Å²) in [5, 5.41) is 0. The first-order chi connectivity index (χ1) is 22.3. The van der Waals surface area contributed by atoms with E-state index in [-0.39, 0.29) is 17.5 Å². The Labute approximate surface area is 292 Å². The fourth-order valence-corrected chi connectivity index (χ4v) is 7.52. The molecule has 0 saturated carbocycles. The van der Waals surface area contributed by atoms with Crippen molar-refractivity contribution in [2.24, 2.45) is 17.3 Å². The summed E-state index contributed by atoms with van der Waals surface area (Å²) in [5.41, 5.74) is -0.356. The van der Waals surface area contributed by atoms with Crippen LogP contribution in [-0.4, -0.2) is 12.1 Å². The first-order valence-corrected chi connectivity index (χ1v) is 21.5. The van der Waals surface area contributed by atoms with Crippen molar-refractivity contribution in [2.45, 2.75) is 260 Å². The van der Waals surface area contributed by atoms with Gasteiger partial charge in [-0.3, -0.25) is 4.79 Å². The Balaban J connectivity index is 4.30. The van der Waals surface area contributed by atoms with Gasteiger partial charge in [-0.25, -0.2) is 0 Å². The van der Waals surface area contributed by atoms with E-state index in [1.165, 1.54) is 180 Å². The highest BCUT2D eigenvalue weighted by atomic mass is 16.5. The van der Waals surface area contributed by atoms with E-state index in [0.29, 0.717) is 0 Å². The van der Waals surface area contributed by atoms with E-state index in [1.807, 2.05) is 0 Å². The summed E-state index contributed by atoms with van der Waals surface area (Å²) in [4.78, 5) is 13.0. The number of esters is 1. The highest BCUT2D eigenvalue weighted by Gasteiger charge is 2.30. The normalized spacial score (nSPS) is 12.2. The zero-order valence-electron chi connectivity index (χ0n) is 33.2. The second kappa shape index (κ2) is 33.0. The first kappa shape index (κ1) is 45.5. The van der Waals surface area contributed by atoms with Crippen LogP contribution in [0.15, 0.2) is 0 Å². The number of ether oxygens (including phenoxy) is 1. The molecule has 0 aliphatic carbocycles. The van der Waals surface area contributed by atoms with Crippen LogP contribution in [-0.2, 0) is 9.53 Å². The molecule has 2 heteroatoms. The van der Waals surface area contributed by atoms with Crippen LogP contribution >= 0.6 is 0 Å². The summed E-state index contributed by atoms with van der Waals surface area (Å²) in [6.07, 6.45) is 42.9. The van der Waals surface area contributed by atoms with Crippen molar-refractivity contribution < 1.29 is 9.53 Å². The number of hydrogen-bond acceptors (Lipinski definition) is 2. The third-order valence-electron chi connectivity index (χ3n) is 10.8. The number of rotatable bonds is 36. The molecule has 0 atom stereocenters. The summed E-state index contributed by atoms with van der Waals surface area (Å²) in [6, 6.07) is 0. The van der Waals surface area contributed by atoms with Crippen molar-refractivity contribution in [2.75, 3.05) is 0 Å². The van der Waals surface area contributed by atoms with Gasteiger partial charge in [0, 0.05) is 0 Å². The number of hydrogen-bond donors (Lipinski definition) is 0. The summed E-state index contributed by atoms with van der Waals surface area (Å²) in [7, 11) is 0. The molecule has 0 radical (unpaired) electrons. The lowest BCUT2D eigenvalue weighted by Gasteiger charge is -2.26. The molecule has 0 bridgehead atoms. The fraction of sp³-hybridized carbons (Fsp3) is 0.977. The Hall–Kier alpha value is -0.530. The van der Waals surface area contributed by atoms with Gasteiger partial charge in [0.2, 0.25) is 0 Å². The SMILES string of the molecule is CCCCC(CCCC)CCCCCCCCCC(CCCCCCCCCC(CCCC)CCCC)OC(=O)C(C)(C)CCC. The Morgan fingerprint density at radius 1 is 0.413 bits per heavy atom. The average Bonchev–Trinajstić information content (AvgIpc) is 3.04. The van der Waals surface area contributed by atoms with Crippen LogP contribution in [0, 0.1) is 17.3 Å². The molecule has 0 amide bonds. The third kappa shape index (κ3) is 27.4. The number of carbonyl (C=O) groups is 1. The van der Waals surface area contributed by atoms with Crippen LogP contribution in [0.1, 0.15) is 254 Å². The predicted molar refractivity (Wildman–Crippen MR) is 207 cm³/mol. The minimum Gasteiger partial charge on any atom is -0.462 e. The maximum Gasteiger partial charge on any atom is 0.311 e. The lowest BCUT2D eigenvalue weighted by Crippen LogP contribution is -2.30. The highest BCUT2D eigenvalue weighted by Crippen LogP contribution is 2.28. The molecule has 0 heterocycles. The Bertz CT molecular complexity index is 571. The van der Waals surface area contributed by atoms with Crippen molar-refractivity contribution in [3.63, 3.8) is 0 Å². The molecule has 0 aliphatic rings. The van der Waals surface area contributed by atoms with Crippen LogP contribution in [0.2, 0.25) is 0 Å².